The molecule has 0 saturated heterocycles. The van der Waals surface area contributed by atoms with Gasteiger partial charge in [0.25, 0.3) is 0 Å². The van der Waals surface area contributed by atoms with Crippen LogP contribution in [0.1, 0.15) is 39.5 Å². The van der Waals surface area contributed by atoms with Crippen molar-refractivity contribution in [1.82, 2.24) is 0 Å². The molecule has 2 aromatic rings. The van der Waals surface area contributed by atoms with Gasteiger partial charge in [0.05, 0.1) is 28.7 Å². The molecule has 2 aromatic carbocycles. The summed E-state index contributed by atoms with van der Waals surface area (Å²) in [5.74, 6) is -0.784. The van der Waals surface area contributed by atoms with Crippen molar-refractivity contribution < 1.29 is 23.1 Å². The highest BCUT2D eigenvalue weighted by Crippen LogP contribution is 2.44. The molecule has 166 valence electrons. The molecule has 7 heteroatoms. The Morgan fingerprint density at radius 1 is 1.19 bits per heavy atom. The topological polar surface area (TPSA) is 83.9 Å². The van der Waals surface area contributed by atoms with Crippen molar-refractivity contribution in [3.63, 3.8) is 0 Å². The molecule has 0 saturated carbocycles. The van der Waals surface area contributed by atoms with Gasteiger partial charge in [-0.05, 0) is 37.1 Å². The number of carboxylic acid groups (broad SMARTS) is 1. The fourth-order valence-electron chi connectivity index (χ4n) is 4.09. The lowest BCUT2D eigenvalue weighted by molar-refractivity contribution is -0.131. The van der Waals surface area contributed by atoms with Crippen LogP contribution in [0.5, 0.6) is 5.75 Å². The molecular formula is C24H29NO5S. The summed E-state index contributed by atoms with van der Waals surface area (Å²) < 4.78 is 32.5. The van der Waals surface area contributed by atoms with Gasteiger partial charge in [-0.25, -0.2) is 13.2 Å². The number of benzene rings is 2. The summed E-state index contributed by atoms with van der Waals surface area (Å²) >= 11 is 0. The zero-order valence-electron chi connectivity index (χ0n) is 18.0. The van der Waals surface area contributed by atoms with Gasteiger partial charge in [-0.3, -0.25) is 0 Å². The van der Waals surface area contributed by atoms with Crippen molar-refractivity contribution in [2.75, 3.05) is 17.2 Å². The summed E-state index contributed by atoms with van der Waals surface area (Å²) in [5, 5.41) is 8.75. The Labute approximate surface area is 184 Å². The zero-order valence-corrected chi connectivity index (χ0v) is 18.8. The first-order valence-corrected chi connectivity index (χ1v) is 12.2. The van der Waals surface area contributed by atoms with E-state index in [0.717, 1.165) is 43.7 Å². The number of carboxylic acids is 1. The predicted octanol–water partition coefficient (Wildman–Crippen LogP) is 5.18. The van der Waals surface area contributed by atoms with Gasteiger partial charge < -0.3 is 14.7 Å². The first kappa shape index (κ1) is 22.9. The van der Waals surface area contributed by atoms with E-state index in [2.05, 4.69) is 18.7 Å². The molecule has 1 heterocycles. The van der Waals surface area contributed by atoms with Crippen molar-refractivity contribution in [2.45, 2.75) is 44.4 Å². The molecule has 0 aromatic heterocycles. The van der Waals surface area contributed by atoms with Crippen LogP contribution in [-0.4, -0.2) is 31.8 Å². The number of sulfone groups is 1. The second-order valence-corrected chi connectivity index (χ2v) is 9.98. The maximum atomic E-state index is 13.5. The predicted molar refractivity (Wildman–Crippen MR) is 122 cm³/mol. The molecule has 1 atom stereocenters. The Balaban J connectivity index is 2.13. The summed E-state index contributed by atoms with van der Waals surface area (Å²) in [5.41, 5.74) is 1.19. The Bertz CT molecular complexity index is 1050. The molecule has 1 N–H and O–H groups in total. The summed E-state index contributed by atoms with van der Waals surface area (Å²) in [6, 6.07) is 14.7. The molecule has 3 rings (SSSR count). The number of anilines is 2. The quantitative estimate of drug-likeness (QED) is 0.447. The Morgan fingerprint density at radius 2 is 1.94 bits per heavy atom. The third-order valence-corrected chi connectivity index (χ3v) is 7.83. The van der Waals surface area contributed by atoms with E-state index >= 15 is 0 Å². The summed E-state index contributed by atoms with van der Waals surface area (Å²) in [6.07, 6.45) is 5.48. The Morgan fingerprint density at radius 3 is 2.58 bits per heavy atom. The molecule has 0 spiro atoms. The van der Waals surface area contributed by atoms with Crippen LogP contribution in [0.15, 0.2) is 65.8 Å². The summed E-state index contributed by atoms with van der Waals surface area (Å²) in [6.45, 7) is 4.79. The summed E-state index contributed by atoms with van der Waals surface area (Å²) in [7, 11) is -3.60. The molecule has 1 aliphatic heterocycles. The van der Waals surface area contributed by atoms with Gasteiger partial charge in [-0.15, -0.1) is 0 Å². The van der Waals surface area contributed by atoms with E-state index < -0.39 is 15.8 Å². The number of fused-ring (bicyclic) bond motifs is 1. The van der Waals surface area contributed by atoms with Gasteiger partial charge in [0, 0.05) is 23.7 Å². The number of hydrogen-bond acceptors (Lipinski definition) is 5. The van der Waals surface area contributed by atoms with Crippen molar-refractivity contribution in [2.24, 2.45) is 5.41 Å². The van der Waals surface area contributed by atoms with Gasteiger partial charge in [0.1, 0.15) is 5.75 Å². The van der Waals surface area contributed by atoms with Crippen LogP contribution >= 0.6 is 0 Å². The van der Waals surface area contributed by atoms with E-state index in [4.69, 9.17) is 9.84 Å². The van der Waals surface area contributed by atoms with E-state index in [0.29, 0.717) is 12.2 Å². The lowest BCUT2D eigenvalue weighted by atomic mass is 9.81. The molecular weight excluding hydrogens is 414 g/mol. The number of unbranched alkanes of at least 4 members (excludes halogenated alkanes) is 1. The number of hydrogen-bond donors (Lipinski definition) is 1. The lowest BCUT2D eigenvalue weighted by Gasteiger charge is -2.36. The van der Waals surface area contributed by atoms with Crippen LogP contribution in [-0.2, 0) is 14.6 Å². The number of rotatable bonds is 8. The van der Waals surface area contributed by atoms with Crippen LogP contribution in [0.3, 0.4) is 0 Å². The molecule has 0 bridgehead atoms. The monoisotopic (exact) mass is 443 g/mol. The normalized spacial score (nSPS) is 20.3. The standard InChI is InChI=1S/C24H29NO5S/c1-3-5-14-24(4-2)17-25(19-9-7-6-8-10-19)21-12-11-20(30-15-13-23(26)27)16-22(21)31(28,29)18-24/h6-13,15-16H,3-5,14,17-18H2,1-2H3,(H,26,27)/b15-13+. The van der Waals surface area contributed by atoms with Crippen molar-refractivity contribution in [3.8, 4) is 5.75 Å². The SMILES string of the molecule is CCCCC1(CC)CN(c2ccccc2)c2ccc(O/C=C/C(=O)O)cc2S(=O)(=O)C1. The van der Waals surface area contributed by atoms with E-state index in [1.165, 1.54) is 6.07 Å². The fraction of sp³-hybridized carbons (Fsp3) is 0.375. The highest BCUT2D eigenvalue weighted by Gasteiger charge is 2.41. The number of carbonyl (C=O) groups is 1. The lowest BCUT2D eigenvalue weighted by Crippen LogP contribution is -2.37. The van der Waals surface area contributed by atoms with Gasteiger partial charge in [0.2, 0.25) is 0 Å². The highest BCUT2D eigenvalue weighted by molar-refractivity contribution is 7.91. The number of aliphatic carboxylic acids is 1. The van der Waals surface area contributed by atoms with Crippen LogP contribution in [0.25, 0.3) is 0 Å². The summed E-state index contributed by atoms with van der Waals surface area (Å²) in [4.78, 5) is 13.0. The molecule has 0 amide bonds. The third kappa shape index (κ3) is 5.28. The second-order valence-electron chi connectivity index (χ2n) is 8.03. The van der Waals surface area contributed by atoms with Crippen molar-refractivity contribution in [1.29, 1.82) is 0 Å². The van der Waals surface area contributed by atoms with Gasteiger partial charge in [-0.1, -0.05) is 44.9 Å². The first-order chi connectivity index (χ1) is 14.8. The molecule has 31 heavy (non-hydrogen) atoms. The van der Waals surface area contributed by atoms with Crippen LogP contribution in [0, 0.1) is 5.41 Å². The van der Waals surface area contributed by atoms with Crippen LogP contribution < -0.4 is 9.64 Å². The van der Waals surface area contributed by atoms with E-state index in [1.807, 2.05) is 30.3 Å². The molecule has 0 fully saturated rings. The maximum absolute atomic E-state index is 13.5. The fourth-order valence-corrected chi connectivity index (χ4v) is 6.28. The van der Waals surface area contributed by atoms with E-state index in [1.54, 1.807) is 12.1 Å². The maximum Gasteiger partial charge on any atom is 0.331 e. The second kappa shape index (κ2) is 9.56. The minimum Gasteiger partial charge on any atom is -0.478 e. The number of ether oxygens (including phenoxy) is 1. The van der Waals surface area contributed by atoms with Crippen molar-refractivity contribution >= 4 is 27.2 Å². The highest BCUT2D eigenvalue weighted by atomic mass is 32.2. The first-order valence-electron chi connectivity index (χ1n) is 10.6. The molecule has 6 nitrogen and oxygen atoms in total. The minimum absolute atomic E-state index is 0.0707. The average molecular weight is 444 g/mol. The van der Waals surface area contributed by atoms with Crippen molar-refractivity contribution in [3.05, 3.63) is 60.9 Å². The van der Waals surface area contributed by atoms with E-state index in [-0.39, 0.29) is 21.8 Å². The number of para-hydroxylation sites is 1. The Kier molecular flexibility index (Phi) is 7.05. The van der Waals surface area contributed by atoms with Crippen LogP contribution in [0.2, 0.25) is 0 Å². The van der Waals surface area contributed by atoms with E-state index in [9.17, 15) is 13.2 Å². The van der Waals surface area contributed by atoms with Crippen LogP contribution in [0.4, 0.5) is 11.4 Å². The number of nitrogens with zero attached hydrogens (tertiary/aromatic N) is 1. The molecule has 0 aliphatic carbocycles. The zero-order chi connectivity index (χ0) is 22.5. The molecule has 1 aliphatic rings. The Hall–Kier alpha value is -2.80. The van der Waals surface area contributed by atoms with Gasteiger partial charge in [-0.2, -0.15) is 0 Å². The van der Waals surface area contributed by atoms with Gasteiger partial charge >= 0.3 is 5.97 Å². The van der Waals surface area contributed by atoms with Gasteiger partial charge in [0.15, 0.2) is 9.84 Å². The molecule has 0 radical (unpaired) electrons. The third-order valence-electron chi connectivity index (χ3n) is 5.84. The largest absolute Gasteiger partial charge is 0.478 e. The minimum atomic E-state index is -3.60. The average Bonchev–Trinajstić information content (AvgIpc) is 2.85. The smallest absolute Gasteiger partial charge is 0.331 e. The molecule has 1 unspecified atom stereocenters.